The van der Waals surface area contributed by atoms with Gasteiger partial charge in [0.05, 0.1) is 11.6 Å². The van der Waals surface area contributed by atoms with Crippen molar-refractivity contribution in [1.82, 2.24) is 15.5 Å². The van der Waals surface area contributed by atoms with Crippen molar-refractivity contribution in [2.24, 2.45) is 0 Å². The number of nitrogens with zero attached hydrogens (tertiary/aromatic N) is 2. The third kappa shape index (κ3) is 4.46. The summed E-state index contributed by atoms with van der Waals surface area (Å²) in [6, 6.07) is 9.65. The van der Waals surface area contributed by atoms with E-state index in [1.807, 2.05) is 0 Å². The lowest BCUT2D eigenvalue weighted by atomic mass is 10.1. The summed E-state index contributed by atoms with van der Waals surface area (Å²) in [7, 11) is 0. The molecule has 1 unspecified atom stereocenters. The van der Waals surface area contributed by atoms with E-state index >= 15 is 0 Å². The van der Waals surface area contributed by atoms with E-state index in [1.54, 1.807) is 38.1 Å². The molecular formula is C19H17F2N3O3. The lowest BCUT2D eigenvalue weighted by Gasteiger charge is -2.16. The Bertz CT molecular complexity index is 959. The quantitative estimate of drug-likeness (QED) is 0.712. The van der Waals surface area contributed by atoms with Crippen LogP contribution in [0.15, 0.2) is 47.0 Å². The first-order chi connectivity index (χ1) is 12.9. The lowest BCUT2D eigenvalue weighted by Crippen LogP contribution is -2.27. The summed E-state index contributed by atoms with van der Waals surface area (Å²) in [4.78, 5) is 16.6. The highest BCUT2D eigenvalue weighted by molar-refractivity contribution is 5.97. The first kappa shape index (κ1) is 18.5. The van der Waals surface area contributed by atoms with Crippen LogP contribution in [0.3, 0.4) is 0 Å². The van der Waals surface area contributed by atoms with E-state index in [-0.39, 0.29) is 6.61 Å². The molecule has 0 saturated carbocycles. The monoisotopic (exact) mass is 373 g/mol. The maximum absolute atomic E-state index is 13.4. The fourth-order valence-corrected chi connectivity index (χ4v) is 2.46. The van der Waals surface area contributed by atoms with Gasteiger partial charge in [0, 0.05) is 6.92 Å². The second-order valence-electron chi connectivity index (χ2n) is 5.88. The van der Waals surface area contributed by atoms with Gasteiger partial charge in [-0.15, -0.1) is 0 Å². The van der Waals surface area contributed by atoms with Gasteiger partial charge >= 0.3 is 0 Å². The molecule has 0 radical (unpaired) electrons. The predicted molar refractivity (Wildman–Crippen MR) is 92.0 cm³/mol. The molecule has 1 N–H and O–H groups in total. The van der Waals surface area contributed by atoms with E-state index in [1.165, 1.54) is 6.07 Å². The first-order valence-corrected chi connectivity index (χ1v) is 8.21. The van der Waals surface area contributed by atoms with Crippen LogP contribution < -0.4 is 10.1 Å². The van der Waals surface area contributed by atoms with Gasteiger partial charge in [0.15, 0.2) is 18.2 Å². The maximum Gasteiger partial charge on any atom is 0.255 e. The lowest BCUT2D eigenvalue weighted by molar-refractivity contribution is 0.0935. The second-order valence-corrected chi connectivity index (χ2v) is 5.88. The molecular weight excluding hydrogens is 356 g/mol. The molecule has 0 aliphatic heterocycles. The zero-order valence-electron chi connectivity index (χ0n) is 14.7. The van der Waals surface area contributed by atoms with Crippen molar-refractivity contribution in [3.05, 3.63) is 76.9 Å². The fraction of sp³-hybridized carbons (Fsp3) is 0.211. The van der Waals surface area contributed by atoms with Gasteiger partial charge in [-0.3, -0.25) is 4.79 Å². The maximum atomic E-state index is 13.4. The van der Waals surface area contributed by atoms with Crippen molar-refractivity contribution in [2.75, 3.05) is 0 Å². The van der Waals surface area contributed by atoms with E-state index in [0.717, 1.165) is 12.1 Å². The summed E-state index contributed by atoms with van der Waals surface area (Å²) >= 11 is 0. The van der Waals surface area contributed by atoms with E-state index in [0.29, 0.717) is 28.6 Å². The van der Waals surface area contributed by atoms with Gasteiger partial charge in [0.2, 0.25) is 11.7 Å². The van der Waals surface area contributed by atoms with Crippen molar-refractivity contribution in [3.8, 4) is 5.75 Å². The van der Waals surface area contributed by atoms with Gasteiger partial charge in [-0.1, -0.05) is 23.4 Å². The Labute approximate surface area is 154 Å². The SMILES string of the molecule is Cc1nc(COc2ccccc2C(=O)NC(C)c2ccc(F)c(F)c2)no1. The van der Waals surface area contributed by atoms with E-state index in [9.17, 15) is 13.6 Å². The number of carbonyl (C=O) groups excluding carboxylic acids is 1. The van der Waals surface area contributed by atoms with Crippen LogP contribution in [0.2, 0.25) is 0 Å². The second kappa shape index (κ2) is 7.94. The molecule has 8 heteroatoms. The average molecular weight is 373 g/mol. The van der Waals surface area contributed by atoms with Gasteiger partial charge in [0.25, 0.3) is 5.91 Å². The molecule has 140 valence electrons. The average Bonchev–Trinajstić information content (AvgIpc) is 3.07. The highest BCUT2D eigenvalue weighted by atomic mass is 19.2. The minimum absolute atomic E-state index is 0.0420. The van der Waals surface area contributed by atoms with Crippen LogP contribution in [0, 0.1) is 18.6 Å². The number of halogens is 2. The number of amides is 1. The molecule has 6 nitrogen and oxygen atoms in total. The minimum Gasteiger partial charge on any atom is -0.485 e. The molecule has 1 heterocycles. The van der Waals surface area contributed by atoms with Crippen LogP contribution in [-0.2, 0) is 6.61 Å². The molecule has 0 spiro atoms. The van der Waals surface area contributed by atoms with E-state index in [2.05, 4.69) is 15.5 Å². The molecule has 1 aromatic heterocycles. The van der Waals surface area contributed by atoms with Crippen LogP contribution in [0.4, 0.5) is 8.78 Å². The van der Waals surface area contributed by atoms with Crippen LogP contribution >= 0.6 is 0 Å². The van der Waals surface area contributed by atoms with Gasteiger partial charge in [-0.2, -0.15) is 4.98 Å². The molecule has 0 aliphatic carbocycles. The number of benzene rings is 2. The molecule has 1 atom stereocenters. The Morgan fingerprint density at radius 3 is 2.70 bits per heavy atom. The summed E-state index contributed by atoms with van der Waals surface area (Å²) < 4.78 is 37.0. The Kier molecular flexibility index (Phi) is 5.44. The van der Waals surface area contributed by atoms with Crippen molar-refractivity contribution >= 4 is 5.91 Å². The van der Waals surface area contributed by atoms with Crippen molar-refractivity contribution in [1.29, 1.82) is 0 Å². The molecule has 0 aliphatic rings. The molecule has 0 bridgehead atoms. The number of aromatic nitrogens is 2. The standard InChI is InChI=1S/C19H17F2N3O3/c1-11(13-7-8-15(20)16(21)9-13)22-19(25)14-5-3-4-6-17(14)26-10-18-23-12(2)27-24-18/h3-9,11H,10H2,1-2H3,(H,22,25). The molecule has 2 aromatic carbocycles. The van der Waals surface area contributed by atoms with Crippen LogP contribution in [0.1, 0.15) is 40.6 Å². The molecule has 3 aromatic rings. The third-order valence-electron chi connectivity index (χ3n) is 3.85. The van der Waals surface area contributed by atoms with Crippen LogP contribution in [-0.4, -0.2) is 16.0 Å². The number of hydrogen-bond donors (Lipinski definition) is 1. The number of hydrogen-bond acceptors (Lipinski definition) is 5. The summed E-state index contributed by atoms with van der Waals surface area (Å²) in [5.41, 5.74) is 0.745. The summed E-state index contributed by atoms with van der Waals surface area (Å²) in [5.74, 6) is -1.19. The highest BCUT2D eigenvalue weighted by Crippen LogP contribution is 2.21. The molecule has 0 fully saturated rings. The van der Waals surface area contributed by atoms with Gasteiger partial charge in [0.1, 0.15) is 5.75 Å². The van der Waals surface area contributed by atoms with Gasteiger partial charge in [-0.05, 0) is 36.8 Å². The Morgan fingerprint density at radius 2 is 2.00 bits per heavy atom. The summed E-state index contributed by atoms with van der Waals surface area (Å²) in [6.07, 6.45) is 0. The number of rotatable bonds is 6. The first-order valence-electron chi connectivity index (χ1n) is 8.21. The molecule has 27 heavy (non-hydrogen) atoms. The number of nitrogens with one attached hydrogen (secondary N) is 1. The largest absolute Gasteiger partial charge is 0.485 e. The van der Waals surface area contributed by atoms with Gasteiger partial charge < -0.3 is 14.6 Å². The Hall–Kier alpha value is -3.29. The molecule has 3 rings (SSSR count). The molecule has 0 saturated heterocycles. The zero-order valence-corrected chi connectivity index (χ0v) is 14.7. The topological polar surface area (TPSA) is 77.2 Å². The predicted octanol–water partition coefficient (Wildman–Crippen LogP) is 3.73. The van der Waals surface area contributed by atoms with Gasteiger partial charge in [-0.25, -0.2) is 8.78 Å². The van der Waals surface area contributed by atoms with E-state index < -0.39 is 23.6 Å². The fourth-order valence-electron chi connectivity index (χ4n) is 2.46. The number of para-hydroxylation sites is 1. The third-order valence-corrected chi connectivity index (χ3v) is 3.85. The highest BCUT2D eigenvalue weighted by Gasteiger charge is 2.17. The van der Waals surface area contributed by atoms with Crippen LogP contribution in [0.5, 0.6) is 5.75 Å². The van der Waals surface area contributed by atoms with E-state index in [4.69, 9.17) is 9.26 Å². The number of carbonyl (C=O) groups is 1. The number of ether oxygens (including phenoxy) is 1. The summed E-state index contributed by atoms with van der Waals surface area (Å²) in [6.45, 7) is 3.38. The van der Waals surface area contributed by atoms with Crippen molar-refractivity contribution in [2.45, 2.75) is 26.5 Å². The number of aryl methyl sites for hydroxylation is 1. The smallest absolute Gasteiger partial charge is 0.255 e. The minimum atomic E-state index is -0.965. The normalized spacial score (nSPS) is 11.9. The Balaban J connectivity index is 1.71. The zero-order chi connectivity index (χ0) is 19.4. The Morgan fingerprint density at radius 1 is 1.22 bits per heavy atom. The van der Waals surface area contributed by atoms with Crippen molar-refractivity contribution in [3.63, 3.8) is 0 Å². The van der Waals surface area contributed by atoms with Crippen molar-refractivity contribution < 1.29 is 22.8 Å². The molecule has 1 amide bonds. The summed E-state index contributed by atoms with van der Waals surface area (Å²) in [5, 5.41) is 6.47. The van der Waals surface area contributed by atoms with Crippen LogP contribution in [0.25, 0.3) is 0 Å².